The smallest absolute Gasteiger partial charge is 0.305 e. The third kappa shape index (κ3) is 1.98. The third-order valence-electron chi connectivity index (χ3n) is 13.7. The zero-order valence-corrected chi connectivity index (χ0v) is 25.4. The van der Waals surface area contributed by atoms with Gasteiger partial charge in [-0.2, -0.15) is 0 Å². The number of esters is 1. The van der Waals surface area contributed by atoms with Crippen molar-refractivity contribution in [2.75, 3.05) is 7.11 Å². The van der Waals surface area contributed by atoms with Crippen LogP contribution in [0, 0.1) is 0 Å². The van der Waals surface area contributed by atoms with Gasteiger partial charge in [0.05, 0.1) is 7.11 Å². The van der Waals surface area contributed by atoms with Crippen LogP contribution in [-0.2, 0) is 27.8 Å². The fourth-order valence-electron chi connectivity index (χ4n) is 12.5. The fraction of sp³-hybridized carbons (Fsp3) is 0.205. The van der Waals surface area contributed by atoms with Crippen LogP contribution in [0.1, 0.15) is 70.0 Å². The molecule has 0 amide bonds. The molecule has 0 aromatic heterocycles. The normalized spacial score (nSPS) is 22.3. The fourth-order valence-corrected chi connectivity index (χ4v) is 12.5. The first kappa shape index (κ1) is 22.5. The average molecular weight is 587 g/mol. The standard InChI is InChI=1S/C44H26O2/c1-46-27(45)8-5-11-44(24-6-3-2-4-7-24)42-25-16-22-14-20-12-18-9-10-19-13-21-15-23-17-26(43(42)44)35-34(25)38-32(22)30(20)36-28(18)29(19)37-31(21)33(23)39(35)41(38)40(36)37/h2-4,6-7,9-10,12-13,16-17,42-43H,5,8,11,14-15H2,1H3. The number of rotatable bonds is 5. The van der Waals surface area contributed by atoms with Crippen molar-refractivity contribution >= 4 is 92.1 Å². The molecular formula is C44H26O2. The summed E-state index contributed by atoms with van der Waals surface area (Å²) in [6.45, 7) is 0. The molecule has 1 fully saturated rings. The number of hydrogen-bond acceptors (Lipinski definition) is 2. The molecule has 2 nitrogen and oxygen atoms in total. The molecule has 0 bridgehead atoms. The average Bonchev–Trinajstić information content (AvgIpc) is 3.44. The number of benzene rings is 8. The van der Waals surface area contributed by atoms with Gasteiger partial charge in [-0.15, -0.1) is 0 Å². The Morgan fingerprint density at radius 2 is 1.09 bits per heavy atom. The Morgan fingerprint density at radius 3 is 1.61 bits per heavy atom. The summed E-state index contributed by atoms with van der Waals surface area (Å²) in [5, 5.41) is 24.6. The first-order valence-corrected chi connectivity index (χ1v) is 17.1. The number of hydrogen-bond donors (Lipinski definition) is 0. The molecule has 0 heterocycles. The molecule has 46 heavy (non-hydrogen) atoms. The predicted molar refractivity (Wildman–Crippen MR) is 188 cm³/mol. The van der Waals surface area contributed by atoms with Crippen molar-refractivity contribution in [2.45, 2.75) is 49.4 Å². The first-order chi connectivity index (χ1) is 22.7. The van der Waals surface area contributed by atoms with Gasteiger partial charge in [-0.1, -0.05) is 66.7 Å². The highest BCUT2D eigenvalue weighted by molar-refractivity contribution is 6.58. The van der Waals surface area contributed by atoms with Crippen molar-refractivity contribution in [1.29, 1.82) is 0 Å². The van der Waals surface area contributed by atoms with Gasteiger partial charge in [-0.25, -0.2) is 0 Å². The third-order valence-corrected chi connectivity index (χ3v) is 13.7. The number of carbonyl (C=O) groups excluding carboxylic acids is 1. The summed E-state index contributed by atoms with van der Waals surface area (Å²) >= 11 is 0. The second-order valence-corrected chi connectivity index (χ2v) is 15.2. The SMILES string of the molecule is COC(=O)CCCC1(c2ccccc2)C2c3cc4c5c6c(cc7ccc8cc9c%10c%11c(cc(c%12c3c5c(c%12%11)c3c6c7c8c%103)C21)C9)C4. The molecule has 2 atom stereocenters. The van der Waals surface area contributed by atoms with E-state index in [1.807, 2.05) is 0 Å². The Kier molecular flexibility index (Phi) is 3.24. The van der Waals surface area contributed by atoms with Crippen LogP contribution in [0.15, 0.2) is 66.7 Å². The molecule has 4 aliphatic rings. The second kappa shape index (κ2) is 6.62. The van der Waals surface area contributed by atoms with Gasteiger partial charge in [0.25, 0.3) is 0 Å². The van der Waals surface area contributed by atoms with Gasteiger partial charge in [0, 0.05) is 23.7 Å². The quantitative estimate of drug-likeness (QED) is 0.148. The van der Waals surface area contributed by atoms with Crippen molar-refractivity contribution in [2.24, 2.45) is 0 Å². The topological polar surface area (TPSA) is 26.3 Å². The number of carbonyl (C=O) groups is 1. The molecule has 2 unspecified atom stereocenters. The summed E-state index contributed by atoms with van der Waals surface area (Å²) in [6, 6.07) is 26.5. The van der Waals surface area contributed by atoms with E-state index in [4.69, 9.17) is 4.74 Å². The highest BCUT2D eigenvalue weighted by Crippen LogP contribution is 2.78. The zero-order chi connectivity index (χ0) is 29.5. The molecule has 4 aliphatic carbocycles. The van der Waals surface area contributed by atoms with E-state index in [2.05, 4.69) is 66.7 Å². The van der Waals surface area contributed by atoms with Crippen LogP contribution in [-0.4, -0.2) is 13.1 Å². The minimum atomic E-state index is -0.0995. The highest BCUT2D eigenvalue weighted by Gasteiger charge is 2.68. The van der Waals surface area contributed by atoms with Crippen LogP contribution >= 0.6 is 0 Å². The molecule has 10 aromatic carbocycles. The molecule has 10 aromatic rings. The summed E-state index contributed by atoms with van der Waals surface area (Å²) < 4.78 is 5.10. The van der Waals surface area contributed by atoms with E-state index in [-0.39, 0.29) is 11.4 Å². The van der Waals surface area contributed by atoms with Crippen molar-refractivity contribution in [3.8, 4) is 0 Å². The molecule has 0 N–H and O–H groups in total. The lowest BCUT2D eigenvalue weighted by Gasteiger charge is -2.20. The Bertz CT molecular complexity index is 2880. The molecule has 214 valence electrons. The second-order valence-electron chi connectivity index (χ2n) is 15.2. The van der Waals surface area contributed by atoms with Gasteiger partial charge in [-0.3, -0.25) is 4.79 Å². The van der Waals surface area contributed by atoms with Crippen LogP contribution < -0.4 is 0 Å². The minimum absolute atomic E-state index is 0.0146. The number of ether oxygens (including phenoxy) is 1. The van der Waals surface area contributed by atoms with Gasteiger partial charge in [-0.05, 0) is 151 Å². The molecule has 0 radical (unpaired) electrons. The summed E-state index contributed by atoms with van der Waals surface area (Å²) in [5.74, 6) is 0.748. The summed E-state index contributed by atoms with van der Waals surface area (Å²) in [4.78, 5) is 12.4. The number of fused-ring (bicyclic) bond motifs is 3. The Morgan fingerprint density at radius 1 is 0.609 bits per heavy atom. The van der Waals surface area contributed by atoms with Gasteiger partial charge < -0.3 is 4.74 Å². The Hall–Kier alpha value is -4.95. The lowest BCUT2D eigenvalue weighted by molar-refractivity contribution is -0.140. The number of methoxy groups -OCH3 is 1. The van der Waals surface area contributed by atoms with Crippen LogP contribution in [0.3, 0.4) is 0 Å². The highest BCUT2D eigenvalue weighted by atomic mass is 16.5. The minimum Gasteiger partial charge on any atom is -0.469 e. The maximum atomic E-state index is 12.4. The predicted octanol–water partition coefficient (Wildman–Crippen LogP) is 10.4. The lowest BCUT2D eigenvalue weighted by Crippen LogP contribution is -2.13. The van der Waals surface area contributed by atoms with Crippen LogP contribution in [0.4, 0.5) is 0 Å². The lowest BCUT2D eigenvalue weighted by atomic mass is 9.83. The Labute approximate surface area is 263 Å². The van der Waals surface area contributed by atoms with Crippen LogP contribution in [0.2, 0.25) is 0 Å². The van der Waals surface area contributed by atoms with E-state index in [9.17, 15) is 4.79 Å². The van der Waals surface area contributed by atoms with Crippen LogP contribution in [0.5, 0.6) is 0 Å². The van der Waals surface area contributed by atoms with E-state index in [1.165, 1.54) is 56.5 Å². The van der Waals surface area contributed by atoms with Gasteiger partial charge >= 0.3 is 5.97 Å². The van der Waals surface area contributed by atoms with E-state index in [1.54, 1.807) is 75.8 Å². The van der Waals surface area contributed by atoms with Gasteiger partial charge in [0.15, 0.2) is 0 Å². The van der Waals surface area contributed by atoms with E-state index in [0.29, 0.717) is 18.3 Å². The molecule has 1 saturated carbocycles. The van der Waals surface area contributed by atoms with Crippen LogP contribution in [0.25, 0.3) is 86.2 Å². The van der Waals surface area contributed by atoms with Gasteiger partial charge in [0.2, 0.25) is 0 Å². The Balaban J connectivity index is 1.20. The van der Waals surface area contributed by atoms with Crippen molar-refractivity contribution in [1.82, 2.24) is 0 Å². The molecule has 14 rings (SSSR count). The molecule has 0 spiro atoms. The van der Waals surface area contributed by atoms with E-state index >= 15 is 0 Å². The van der Waals surface area contributed by atoms with Crippen molar-refractivity contribution in [3.63, 3.8) is 0 Å². The maximum absolute atomic E-state index is 12.4. The van der Waals surface area contributed by atoms with Gasteiger partial charge in [0.1, 0.15) is 0 Å². The largest absolute Gasteiger partial charge is 0.469 e. The van der Waals surface area contributed by atoms with Crippen molar-refractivity contribution < 1.29 is 9.53 Å². The van der Waals surface area contributed by atoms with E-state index < -0.39 is 0 Å². The summed E-state index contributed by atoms with van der Waals surface area (Å²) in [5.41, 5.74) is 10.7. The maximum Gasteiger partial charge on any atom is 0.305 e. The first-order valence-electron chi connectivity index (χ1n) is 17.1. The van der Waals surface area contributed by atoms with Crippen molar-refractivity contribution in [3.05, 3.63) is 106 Å². The van der Waals surface area contributed by atoms with E-state index in [0.717, 1.165) is 25.7 Å². The monoisotopic (exact) mass is 586 g/mol. The molecule has 0 saturated heterocycles. The molecular weight excluding hydrogens is 560 g/mol. The molecule has 0 aliphatic heterocycles. The summed E-state index contributed by atoms with van der Waals surface area (Å²) in [7, 11) is 1.52. The molecule has 2 heteroatoms. The zero-order valence-electron chi connectivity index (χ0n) is 25.4. The summed E-state index contributed by atoms with van der Waals surface area (Å²) in [6.07, 6.45) is 4.37.